The monoisotopic (exact) mass is 375 g/mol. The molecular formula is C22H25N5O. The van der Waals surface area contributed by atoms with E-state index >= 15 is 0 Å². The second-order valence-electron chi connectivity index (χ2n) is 7.74. The van der Waals surface area contributed by atoms with Gasteiger partial charge in [-0.2, -0.15) is 0 Å². The van der Waals surface area contributed by atoms with Crippen molar-refractivity contribution in [1.82, 2.24) is 24.8 Å². The number of benzene rings is 1. The Morgan fingerprint density at radius 2 is 1.93 bits per heavy atom. The van der Waals surface area contributed by atoms with Gasteiger partial charge in [0.2, 0.25) is 0 Å². The molecule has 3 heterocycles. The number of amides is 1. The lowest BCUT2D eigenvalue weighted by Crippen LogP contribution is -2.34. The summed E-state index contributed by atoms with van der Waals surface area (Å²) in [5.74, 6) is 0.0677. The molecule has 0 spiro atoms. The van der Waals surface area contributed by atoms with Crippen molar-refractivity contribution in [2.24, 2.45) is 0 Å². The summed E-state index contributed by atoms with van der Waals surface area (Å²) in [5.41, 5.74) is 5.37. The van der Waals surface area contributed by atoms with E-state index in [1.54, 1.807) is 12.4 Å². The third kappa shape index (κ3) is 3.24. The largest absolute Gasteiger partial charge is 0.337 e. The molecule has 0 saturated carbocycles. The zero-order valence-corrected chi connectivity index (χ0v) is 16.8. The molecule has 1 atom stereocenters. The van der Waals surface area contributed by atoms with E-state index in [4.69, 9.17) is 4.98 Å². The Kier molecular flexibility index (Phi) is 4.81. The highest BCUT2D eigenvalue weighted by Crippen LogP contribution is 2.29. The Labute approximate surface area is 165 Å². The maximum absolute atomic E-state index is 13.5. The maximum atomic E-state index is 13.5. The van der Waals surface area contributed by atoms with Crippen molar-refractivity contribution in [3.8, 4) is 11.3 Å². The fraction of sp³-hybridized carbons (Fsp3) is 0.364. The fourth-order valence-corrected chi connectivity index (χ4v) is 3.80. The number of carbonyl (C=O) groups is 1. The Morgan fingerprint density at radius 1 is 1.18 bits per heavy atom. The Morgan fingerprint density at radius 3 is 2.61 bits per heavy atom. The molecule has 0 radical (unpaired) electrons. The Bertz CT molecular complexity index is 1030. The molecule has 2 aromatic heterocycles. The minimum atomic E-state index is 0.0677. The average molecular weight is 375 g/mol. The predicted molar refractivity (Wildman–Crippen MR) is 110 cm³/mol. The van der Waals surface area contributed by atoms with Gasteiger partial charge in [0.05, 0.1) is 16.8 Å². The molecule has 3 aromatic rings. The summed E-state index contributed by atoms with van der Waals surface area (Å²) in [5, 5.41) is 0.905. The van der Waals surface area contributed by atoms with Crippen LogP contribution in [0.5, 0.6) is 0 Å². The summed E-state index contributed by atoms with van der Waals surface area (Å²) in [6.07, 6.45) is 5.97. The van der Waals surface area contributed by atoms with Crippen LogP contribution in [0.15, 0.2) is 36.9 Å². The summed E-state index contributed by atoms with van der Waals surface area (Å²) in [4.78, 5) is 30.7. The number of hydrogen-bond donors (Lipinski definition) is 0. The molecule has 0 unspecified atom stereocenters. The van der Waals surface area contributed by atoms with Crippen LogP contribution in [-0.4, -0.2) is 63.9 Å². The summed E-state index contributed by atoms with van der Waals surface area (Å²) >= 11 is 0. The highest BCUT2D eigenvalue weighted by Gasteiger charge is 2.29. The SMILES string of the molecule is Cc1ccc2c(C(=O)N3CC[C@@H](N(C)C)C3)cc(-c3cncnc3)nc2c1C. The molecule has 1 fully saturated rings. The lowest BCUT2D eigenvalue weighted by Gasteiger charge is -2.21. The van der Waals surface area contributed by atoms with Gasteiger partial charge in [-0.15, -0.1) is 0 Å². The van der Waals surface area contributed by atoms with Gasteiger partial charge in [-0.25, -0.2) is 15.0 Å². The van der Waals surface area contributed by atoms with Crippen molar-refractivity contribution < 1.29 is 4.79 Å². The van der Waals surface area contributed by atoms with Crippen molar-refractivity contribution in [2.75, 3.05) is 27.2 Å². The first kappa shape index (κ1) is 18.5. The molecule has 1 aromatic carbocycles. The normalized spacial score (nSPS) is 16.9. The number of hydrogen-bond acceptors (Lipinski definition) is 5. The van der Waals surface area contributed by atoms with E-state index in [1.165, 1.54) is 6.33 Å². The van der Waals surface area contributed by atoms with Gasteiger partial charge in [-0.05, 0) is 51.6 Å². The third-order valence-electron chi connectivity index (χ3n) is 5.77. The molecule has 1 amide bonds. The van der Waals surface area contributed by atoms with Crippen molar-refractivity contribution >= 4 is 16.8 Å². The zero-order chi connectivity index (χ0) is 19.8. The molecule has 6 heteroatoms. The van der Waals surface area contributed by atoms with E-state index in [2.05, 4.69) is 48.9 Å². The van der Waals surface area contributed by atoms with Crippen LogP contribution in [0, 0.1) is 13.8 Å². The van der Waals surface area contributed by atoms with Gasteiger partial charge >= 0.3 is 0 Å². The third-order valence-corrected chi connectivity index (χ3v) is 5.77. The van der Waals surface area contributed by atoms with Gasteiger partial charge in [-0.1, -0.05) is 12.1 Å². The van der Waals surface area contributed by atoms with E-state index in [0.29, 0.717) is 11.6 Å². The number of likely N-dealkylation sites (N-methyl/N-ethyl adjacent to an activating group) is 1. The van der Waals surface area contributed by atoms with E-state index in [-0.39, 0.29) is 5.91 Å². The summed E-state index contributed by atoms with van der Waals surface area (Å²) in [6.45, 7) is 5.66. The van der Waals surface area contributed by atoms with Gasteiger partial charge < -0.3 is 9.80 Å². The molecule has 4 rings (SSSR count). The van der Waals surface area contributed by atoms with Crippen molar-refractivity contribution in [2.45, 2.75) is 26.3 Å². The van der Waals surface area contributed by atoms with Gasteiger partial charge in [-0.3, -0.25) is 4.79 Å². The smallest absolute Gasteiger partial charge is 0.254 e. The summed E-state index contributed by atoms with van der Waals surface area (Å²) in [7, 11) is 4.14. The molecule has 144 valence electrons. The summed E-state index contributed by atoms with van der Waals surface area (Å²) < 4.78 is 0. The number of aromatic nitrogens is 3. The van der Waals surface area contributed by atoms with Gasteiger partial charge in [0, 0.05) is 42.5 Å². The van der Waals surface area contributed by atoms with Crippen LogP contribution in [0.2, 0.25) is 0 Å². The van der Waals surface area contributed by atoms with Gasteiger partial charge in [0.1, 0.15) is 6.33 Å². The zero-order valence-electron chi connectivity index (χ0n) is 16.8. The molecular weight excluding hydrogens is 350 g/mol. The number of rotatable bonds is 3. The average Bonchev–Trinajstić information content (AvgIpc) is 3.21. The summed E-state index contributed by atoms with van der Waals surface area (Å²) in [6, 6.07) is 6.38. The minimum Gasteiger partial charge on any atom is -0.337 e. The van der Waals surface area contributed by atoms with Gasteiger partial charge in [0.15, 0.2) is 0 Å². The molecule has 6 nitrogen and oxygen atoms in total. The molecule has 0 bridgehead atoms. The first-order valence-corrected chi connectivity index (χ1v) is 9.57. The second-order valence-corrected chi connectivity index (χ2v) is 7.74. The van der Waals surface area contributed by atoms with Crippen molar-refractivity contribution in [1.29, 1.82) is 0 Å². The number of aryl methyl sites for hydroxylation is 2. The van der Waals surface area contributed by atoms with E-state index in [0.717, 1.165) is 52.8 Å². The van der Waals surface area contributed by atoms with Crippen molar-refractivity contribution in [3.63, 3.8) is 0 Å². The number of carbonyl (C=O) groups excluding carboxylic acids is 1. The van der Waals surface area contributed by atoms with Crippen LogP contribution >= 0.6 is 0 Å². The van der Waals surface area contributed by atoms with Gasteiger partial charge in [0.25, 0.3) is 5.91 Å². The number of pyridine rings is 1. The minimum absolute atomic E-state index is 0.0677. The highest BCUT2D eigenvalue weighted by molar-refractivity contribution is 6.08. The van der Waals surface area contributed by atoms with E-state index < -0.39 is 0 Å². The fourth-order valence-electron chi connectivity index (χ4n) is 3.80. The molecule has 1 aliphatic rings. The quantitative estimate of drug-likeness (QED) is 0.704. The first-order chi connectivity index (χ1) is 13.5. The molecule has 28 heavy (non-hydrogen) atoms. The Hall–Kier alpha value is -2.86. The first-order valence-electron chi connectivity index (χ1n) is 9.57. The predicted octanol–water partition coefficient (Wildman–Crippen LogP) is 3.08. The van der Waals surface area contributed by atoms with Crippen LogP contribution in [-0.2, 0) is 0 Å². The lowest BCUT2D eigenvalue weighted by molar-refractivity contribution is 0.0785. The maximum Gasteiger partial charge on any atom is 0.254 e. The molecule has 0 N–H and O–H groups in total. The van der Waals surface area contributed by atoms with Crippen molar-refractivity contribution in [3.05, 3.63) is 53.6 Å². The molecule has 0 aliphatic carbocycles. The van der Waals surface area contributed by atoms with E-state index in [1.807, 2.05) is 17.0 Å². The number of fused-ring (bicyclic) bond motifs is 1. The molecule has 1 aliphatic heterocycles. The van der Waals surface area contributed by atoms with Crippen LogP contribution in [0.3, 0.4) is 0 Å². The lowest BCUT2D eigenvalue weighted by atomic mass is 9.99. The topological polar surface area (TPSA) is 62.2 Å². The Balaban J connectivity index is 1.85. The van der Waals surface area contributed by atoms with Crippen LogP contribution in [0.25, 0.3) is 22.2 Å². The van der Waals surface area contributed by atoms with Crippen LogP contribution in [0.1, 0.15) is 27.9 Å². The van der Waals surface area contributed by atoms with Crippen LogP contribution in [0.4, 0.5) is 0 Å². The second kappa shape index (κ2) is 7.28. The van der Waals surface area contributed by atoms with E-state index in [9.17, 15) is 4.79 Å². The number of nitrogens with zero attached hydrogens (tertiary/aromatic N) is 5. The standard InChI is InChI=1S/C22H25N5O/c1-14-5-6-18-19(22(28)27-8-7-17(12-27)26(3)4)9-20(25-21(18)15(14)2)16-10-23-13-24-11-16/h5-6,9-11,13,17H,7-8,12H2,1-4H3/t17-/m1/s1. The molecule has 1 saturated heterocycles. The number of likely N-dealkylation sites (tertiary alicyclic amines) is 1. The van der Waals surface area contributed by atoms with Crippen LogP contribution < -0.4 is 0 Å². The highest BCUT2D eigenvalue weighted by atomic mass is 16.2.